The van der Waals surface area contributed by atoms with E-state index < -0.39 is 0 Å². The number of hydrogen-bond donors (Lipinski definition) is 1. The van der Waals surface area contributed by atoms with Gasteiger partial charge in [-0.3, -0.25) is 18.8 Å². The van der Waals surface area contributed by atoms with E-state index in [1.54, 1.807) is 31.3 Å². The molecule has 0 aliphatic heterocycles. The summed E-state index contributed by atoms with van der Waals surface area (Å²) in [5.74, 6) is -0.356. The molecule has 0 spiro atoms. The number of benzene rings is 1. The number of fused-ring (bicyclic) bond motifs is 1. The van der Waals surface area contributed by atoms with Crippen LogP contribution in [0.25, 0.3) is 16.7 Å². The fourth-order valence-electron chi connectivity index (χ4n) is 2.54. The Morgan fingerprint density at radius 2 is 2.15 bits per heavy atom. The van der Waals surface area contributed by atoms with Crippen molar-refractivity contribution in [1.82, 2.24) is 39.5 Å². The summed E-state index contributed by atoms with van der Waals surface area (Å²) in [5, 5.41) is 18.1. The molecule has 0 saturated heterocycles. The number of hydrogen-bond acceptors (Lipinski definition) is 7. The topological polar surface area (TPSA) is 125 Å². The molecular formula is C15H13N9O2. The molecule has 0 fully saturated rings. The zero-order valence-corrected chi connectivity index (χ0v) is 13.6. The van der Waals surface area contributed by atoms with Gasteiger partial charge in [-0.2, -0.15) is 5.10 Å². The number of amides is 1. The second kappa shape index (κ2) is 6.20. The average Bonchev–Trinajstić information content (AvgIpc) is 3.28. The van der Waals surface area contributed by atoms with Crippen LogP contribution in [0.4, 0.5) is 5.69 Å². The Balaban J connectivity index is 1.54. The van der Waals surface area contributed by atoms with E-state index in [9.17, 15) is 9.59 Å². The van der Waals surface area contributed by atoms with Crippen LogP contribution in [0.1, 0.15) is 0 Å². The second-order valence-electron chi connectivity index (χ2n) is 5.54. The van der Waals surface area contributed by atoms with E-state index in [2.05, 4.69) is 30.9 Å². The molecule has 1 aromatic carbocycles. The molecule has 4 rings (SSSR count). The first kappa shape index (κ1) is 15.6. The first-order valence-corrected chi connectivity index (χ1v) is 7.62. The van der Waals surface area contributed by atoms with Crippen LogP contribution in [-0.4, -0.2) is 45.4 Å². The Hall–Kier alpha value is -3.89. The summed E-state index contributed by atoms with van der Waals surface area (Å²) >= 11 is 0. The lowest BCUT2D eigenvalue weighted by Crippen LogP contribution is -2.27. The Morgan fingerprint density at radius 3 is 2.96 bits per heavy atom. The molecule has 0 aliphatic rings. The molecule has 0 saturated carbocycles. The molecule has 3 heterocycles. The molecule has 0 radical (unpaired) electrons. The predicted molar refractivity (Wildman–Crippen MR) is 90.6 cm³/mol. The van der Waals surface area contributed by atoms with Crippen LogP contribution < -0.4 is 10.9 Å². The van der Waals surface area contributed by atoms with Crippen LogP contribution in [0.2, 0.25) is 0 Å². The Bertz CT molecular complexity index is 1140. The van der Waals surface area contributed by atoms with Gasteiger partial charge in [-0.1, -0.05) is 6.07 Å². The minimum atomic E-state index is -0.356. The molecule has 0 unspecified atom stereocenters. The van der Waals surface area contributed by atoms with Gasteiger partial charge in [0, 0.05) is 12.7 Å². The zero-order chi connectivity index (χ0) is 18.1. The predicted octanol–water partition coefficient (Wildman–Crippen LogP) is -0.256. The van der Waals surface area contributed by atoms with Crippen molar-refractivity contribution in [3.8, 4) is 5.69 Å². The Labute approximate surface area is 145 Å². The van der Waals surface area contributed by atoms with Crippen molar-refractivity contribution in [3.05, 3.63) is 53.5 Å². The lowest BCUT2D eigenvalue weighted by molar-refractivity contribution is -0.116. The molecule has 4 aromatic rings. The average molecular weight is 351 g/mol. The number of aryl methyl sites for hydroxylation is 1. The minimum absolute atomic E-state index is 0.161. The smallest absolute Gasteiger partial charge is 0.264 e. The number of nitrogens with zero attached hydrogens (tertiary/aromatic N) is 8. The van der Waals surface area contributed by atoms with Crippen LogP contribution in [-0.2, 0) is 18.4 Å². The number of carbonyl (C=O) groups excluding carboxylic acids is 1. The van der Waals surface area contributed by atoms with E-state index in [0.29, 0.717) is 22.4 Å². The largest absolute Gasteiger partial charge is 0.324 e. The van der Waals surface area contributed by atoms with Crippen molar-refractivity contribution in [2.45, 2.75) is 6.54 Å². The highest BCUT2D eigenvalue weighted by molar-refractivity contribution is 5.91. The maximum absolute atomic E-state index is 12.4. The van der Waals surface area contributed by atoms with Crippen molar-refractivity contribution in [2.75, 3.05) is 5.32 Å². The van der Waals surface area contributed by atoms with E-state index in [1.807, 2.05) is 0 Å². The van der Waals surface area contributed by atoms with Gasteiger partial charge in [0.15, 0.2) is 5.65 Å². The number of nitrogens with one attached hydrogen (secondary N) is 1. The molecule has 11 nitrogen and oxygen atoms in total. The number of anilines is 1. The molecule has 3 aromatic heterocycles. The highest BCUT2D eigenvalue weighted by Gasteiger charge is 2.11. The van der Waals surface area contributed by atoms with E-state index in [1.165, 1.54) is 32.8 Å². The maximum atomic E-state index is 12.4. The summed E-state index contributed by atoms with van der Waals surface area (Å²) in [6, 6.07) is 7.02. The normalized spacial score (nSPS) is 11.0. The van der Waals surface area contributed by atoms with Gasteiger partial charge in [0.1, 0.15) is 24.6 Å². The lowest BCUT2D eigenvalue weighted by atomic mass is 10.2. The number of rotatable bonds is 4. The fraction of sp³-hybridized carbons (Fsp3) is 0.133. The molecule has 0 bridgehead atoms. The van der Waals surface area contributed by atoms with Gasteiger partial charge in [-0.05, 0) is 28.6 Å². The van der Waals surface area contributed by atoms with Crippen LogP contribution in [0.15, 0.2) is 47.9 Å². The van der Waals surface area contributed by atoms with Crippen LogP contribution >= 0.6 is 0 Å². The molecule has 0 aliphatic carbocycles. The fourth-order valence-corrected chi connectivity index (χ4v) is 2.54. The van der Waals surface area contributed by atoms with Gasteiger partial charge in [-0.25, -0.2) is 9.67 Å². The summed E-state index contributed by atoms with van der Waals surface area (Å²) in [6.45, 7) is -0.161. The van der Waals surface area contributed by atoms with Crippen LogP contribution in [0.3, 0.4) is 0 Å². The molecule has 26 heavy (non-hydrogen) atoms. The maximum Gasteiger partial charge on any atom is 0.264 e. The van der Waals surface area contributed by atoms with Gasteiger partial charge in [0.2, 0.25) is 5.91 Å². The van der Waals surface area contributed by atoms with Gasteiger partial charge >= 0.3 is 0 Å². The zero-order valence-electron chi connectivity index (χ0n) is 13.6. The minimum Gasteiger partial charge on any atom is -0.324 e. The summed E-state index contributed by atoms with van der Waals surface area (Å²) in [4.78, 5) is 28.9. The number of carbonyl (C=O) groups is 1. The van der Waals surface area contributed by atoms with Gasteiger partial charge < -0.3 is 5.32 Å². The quantitative estimate of drug-likeness (QED) is 0.537. The molecular weight excluding hydrogens is 338 g/mol. The summed E-state index contributed by atoms with van der Waals surface area (Å²) < 4.78 is 4.22. The third-order valence-electron chi connectivity index (χ3n) is 3.78. The van der Waals surface area contributed by atoms with E-state index in [-0.39, 0.29) is 18.0 Å². The summed E-state index contributed by atoms with van der Waals surface area (Å²) in [7, 11) is 1.70. The number of tetrazole rings is 1. The summed E-state index contributed by atoms with van der Waals surface area (Å²) in [5.41, 5.74) is 1.41. The Morgan fingerprint density at radius 1 is 1.27 bits per heavy atom. The molecule has 11 heteroatoms. The lowest BCUT2D eigenvalue weighted by Gasteiger charge is -2.08. The molecule has 130 valence electrons. The molecule has 1 amide bonds. The van der Waals surface area contributed by atoms with Gasteiger partial charge in [-0.15, -0.1) is 5.10 Å². The third kappa shape index (κ3) is 2.81. The van der Waals surface area contributed by atoms with Gasteiger partial charge in [0.05, 0.1) is 11.9 Å². The first-order chi connectivity index (χ1) is 12.6. The van der Waals surface area contributed by atoms with E-state index >= 15 is 0 Å². The number of aromatic nitrogens is 8. The van der Waals surface area contributed by atoms with Crippen LogP contribution in [0, 0.1) is 0 Å². The Kier molecular flexibility index (Phi) is 3.73. The SMILES string of the molecule is Cn1ncc2c(=O)n(CC(=O)Nc3cccc(-n4cnnn4)c3)cnc21. The first-order valence-electron chi connectivity index (χ1n) is 7.62. The highest BCUT2D eigenvalue weighted by atomic mass is 16.2. The van der Waals surface area contributed by atoms with Crippen LogP contribution in [0.5, 0.6) is 0 Å². The van der Waals surface area contributed by atoms with Crippen molar-refractivity contribution >= 4 is 22.6 Å². The van der Waals surface area contributed by atoms with Crippen molar-refractivity contribution in [2.24, 2.45) is 7.05 Å². The van der Waals surface area contributed by atoms with Crippen molar-refractivity contribution < 1.29 is 4.79 Å². The molecule has 1 N–H and O–H groups in total. The van der Waals surface area contributed by atoms with Gasteiger partial charge in [0.25, 0.3) is 5.56 Å². The van der Waals surface area contributed by atoms with Crippen molar-refractivity contribution in [3.63, 3.8) is 0 Å². The molecule has 0 atom stereocenters. The van der Waals surface area contributed by atoms with E-state index in [4.69, 9.17) is 0 Å². The standard InChI is InChI=1S/C15H13N9O2/c1-22-14-12(6-18-22)15(26)23(8-16-14)7-13(25)19-10-3-2-4-11(5-10)24-9-17-20-21-24/h2-6,8-9H,7H2,1H3,(H,19,25). The third-order valence-corrected chi connectivity index (χ3v) is 3.78. The van der Waals surface area contributed by atoms with E-state index in [0.717, 1.165) is 0 Å². The second-order valence-corrected chi connectivity index (χ2v) is 5.54. The summed E-state index contributed by atoms with van der Waals surface area (Å²) in [6.07, 6.45) is 4.23. The highest BCUT2D eigenvalue weighted by Crippen LogP contribution is 2.13. The monoisotopic (exact) mass is 351 g/mol. The van der Waals surface area contributed by atoms with Crippen molar-refractivity contribution in [1.29, 1.82) is 0 Å².